The molecule has 0 N–H and O–H groups in total. The topological polar surface area (TPSA) is 70.4 Å². The molecule has 4 aliphatic heterocycles. The quantitative estimate of drug-likeness (QED) is 0.734. The Morgan fingerprint density at radius 1 is 0.688 bits per heavy atom. The second kappa shape index (κ2) is 8.37. The first kappa shape index (κ1) is 20.0. The van der Waals surface area contributed by atoms with Crippen LogP contribution in [-0.2, 0) is 6.54 Å². The van der Waals surface area contributed by atoms with Crippen LogP contribution in [0.15, 0.2) is 23.0 Å². The van der Waals surface area contributed by atoms with Gasteiger partial charge in [0.25, 0.3) is 5.56 Å². The van der Waals surface area contributed by atoms with Crippen molar-refractivity contribution in [2.45, 2.75) is 57.4 Å². The van der Waals surface area contributed by atoms with E-state index in [0.717, 1.165) is 70.1 Å². The molecule has 2 atom stereocenters. The van der Waals surface area contributed by atoms with E-state index in [-0.39, 0.29) is 5.56 Å². The Kier molecular flexibility index (Phi) is 5.23. The van der Waals surface area contributed by atoms with Crippen LogP contribution in [0.3, 0.4) is 0 Å². The van der Waals surface area contributed by atoms with Crippen LogP contribution in [0.4, 0.5) is 17.8 Å². The van der Waals surface area contributed by atoms with E-state index >= 15 is 0 Å². The van der Waals surface area contributed by atoms with E-state index < -0.39 is 0 Å². The van der Waals surface area contributed by atoms with Gasteiger partial charge in [0.2, 0.25) is 17.8 Å². The first-order chi connectivity index (χ1) is 15.7. The number of pyridine rings is 1. The predicted molar refractivity (Wildman–Crippen MR) is 126 cm³/mol. The van der Waals surface area contributed by atoms with Crippen LogP contribution in [0.2, 0.25) is 0 Å². The van der Waals surface area contributed by atoms with Gasteiger partial charge in [0.15, 0.2) is 0 Å². The van der Waals surface area contributed by atoms with Crippen molar-refractivity contribution in [1.82, 2.24) is 19.5 Å². The molecule has 170 valence electrons. The summed E-state index contributed by atoms with van der Waals surface area (Å²) in [6.45, 7) is 6.69. The number of hydrogen-bond donors (Lipinski definition) is 0. The van der Waals surface area contributed by atoms with Crippen LogP contribution < -0.4 is 20.3 Å². The summed E-state index contributed by atoms with van der Waals surface area (Å²) >= 11 is 0. The number of aromatic nitrogens is 4. The Balaban J connectivity index is 1.34. The van der Waals surface area contributed by atoms with Crippen molar-refractivity contribution in [3.8, 4) is 0 Å². The first-order valence-corrected chi connectivity index (χ1v) is 12.5. The van der Waals surface area contributed by atoms with Crippen LogP contribution in [0.1, 0.15) is 56.6 Å². The lowest BCUT2D eigenvalue weighted by Crippen LogP contribution is -2.48. The standard InChI is InChI=1S/C24H33N7O/c32-21-9-7-8-20-19-14-18(16-31(20)21)15-30(17-19)24-26-22(28-10-3-1-4-11-28)25-23(27-24)29-12-5-2-6-13-29/h7-9,18-19H,1-6,10-17H2/t18-,19-/m0/s1. The number of piperidine rings is 3. The van der Waals surface area contributed by atoms with Crippen LogP contribution >= 0.6 is 0 Å². The molecule has 8 heteroatoms. The number of anilines is 3. The van der Waals surface area contributed by atoms with Gasteiger partial charge in [-0.2, -0.15) is 15.0 Å². The van der Waals surface area contributed by atoms with E-state index in [0.29, 0.717) is 11.8 Å². The molecular formula is C24H33N7O. The molecule has 0 amide bonds. The summed E-state index contributed by atoms with van der Waals surface area (Å²) in [7, 11) is 0. The molecule has 2 bridgehead atoms. The predicted octanol–water partition coefficient (Wildman–Crippen LogP) is 2.64. The molecule has 2 aromatic heterocycles. The van der Waals surface area contributed by atoms with E-state index in [2.05, 4.69) is 20.8 Å². The number of fused-ring (bicyclic) bond motifs is 4. The molecule has 4 aliphatic rings. The van der Waals surface area contributed by atoms with Gasteiger partial charge in [-0.25, -0.2) is 0 Å². The molecular weight excluding hydrogens is 402 g/mol. The first-order valence-electron chi connectivity index (χ1n) is 12.5. The Morgan fingerprint density at radius 2 is 1.28 bits per heavy atom. The van der Waals surface area contributed by atoms with E-state index in [4.69, 9.17) is 15.0 Å². The third-order valence-corrected chi connectivity index (χ3v) is 7.64. The van der Waals surface area contributed by atoms with E-state index in [9.17, 15) is 4.79 Å². The SMILES string of the molecule is O=c1cccc2n1C[C@H]1C[C@H]2CN(c2nc(N3CCCCC3)nc(N3CCCCC3)n2)C1. The Labute approximate surface area is 189 Å². The third-order valence-electron chi connectivity index (χ3n) is 7.64. The lowest BCUT2D eigenvalue weighted by atomic mass is 9.83. The zero-order valence-corrected chi connectivity index (χ0v) is 18.8. The van der Waals surface area contributed by atoms with Gasteiger partial charge in [-0.3, -0.25) is 4.79 Å². The fourth-order valence-electron chi connectivity index (χ4n) is 6.02. The Bertz CT molecular complexity index is 989. The molecule has 6 heterocycles. The van der Waals surface area contributed by atoms with Crippen LogP contribution in [0.25, 0.3) is 0 Å². The van der Waals surface area contributed by atoms with Gasteiger partial charge in [0.05, 0.1) is 0 Å². The monoisotopic (exact) mass is 435 g/mol. The summed E-state index contributed by atoms with van der Waals surface area (Å²) in [5.74, 6) is 3.33. The highest BCUT2D eigenvalue weighted by Crippen LogP contribution is 2.36. The molecule has 0 aromatic carbocycles. The molecule has 0 aliphatic carbocycles. The smallest absolute Gasteiger partial charge is 0.250 e. The summed E-state index contributed by atoms with van der Waals surface area (Å²) in [6.07, 6.45) is 8.56. The highest BCUT2D eigenvalue weighted by atomic mass is 16.1. The van der Waals surface area contributed by atoms with Crippen LogP contribution in [0.5, 0.6) is 0 Å². The maximum absolute atomic E-state index is 12.4. The van der Waals surface area contributed by atoms with Crippen molar-refractivity contribution in [1.29, 1.82) is 0 Å². The van der Waals surface area contributed by atoms with Gasteiger partial charge >= 0.3 is 0 Å². The minimum Gasteiger partial charge on any atom is -0.341 e. The lowest BCUT2D eigenvalue weighted by Gasteiger charge is -2.43. The van der Waals surface area contributed by atoms with Crippen molar-refractivity contribution in [2.75, 3.05) is 54.0 Å². The van der Waals surface area contributed by atoms with Gasteiger partial charge in [-0.05, 0) is 56.9 Å². The lowest BCUT2D eigenvalue weighted by molar-refractivity contribution is 0.279. The zero-order chi connectivity index (χ0) is 21.5. The van der Waals surface area contributed by atoms with Crippen molar-refractivity contribution >= 4 is 17.8 Å². The molecule has 0 radical (unpaired) electrons. The minimum absolute atomic E-state index is 0.130. The fraction of sp³-hybridized carbons (Fsp3) is 0.667. The van der Waals surface area contributed by atoms with Gasteiger partial charge in [0, 0.05) is 63.5 Å². The molecule has 32 heavy (non-hydrogen) atoms. The molecule has 2 aromatic rings. The second-order valence-corrected chi connectivity index (χ2v) is 9.93. The molecule has 3 fully saturated rings. The molecule has 8 nitrogen and oxygen atoms in total. The van der Waals surface area contributed by atoms with Crippen molar-refractivity contribution in [2.24, 2.45) is 5.92 Å². The summed E-state index contributed by atoms with van der Waals surface area (Å²) < 4.78 is 1.99. The third kappa shape index (κ3) is 3.73. The Hall–Kier alpha value is -2.64. The highest BCUT2D eigenvalue weighted by molar-refractivity contribution is 5.48. The molecule has 0 spiro atoms. The molecule has 6 rings (SSSR count). The van der Waals surface area contributed by atoms with Gasteiger partial charge in [-0.1, -0.05) is 6.07 Å². The number of nitrogens with zero attached hydrogens (tertiary/aromatic N) is 7. The second-order valence-electron chi connectivity index (χ2n) is 9.93. The van der Waals surface area contributed by atoms with E-state index in [1.54, 1.807) is 6.07 Å². The highest BCUT2D eigenvalue weighted by Gasteiger charge is 2.36. The van der Waals surface area contributed by atoms with Crippen molar-refractivity contribution < 1.29 is 0 Å². The summed E-state index contributed by atoms with van der Waals surface area (Å²) in [6, 6.07) is 5.71. The number of hydrogen-bond acceptors (Lipinski definition) is 7. The molecule has 0 saturated carbocycles. The van der Waals surface area contributed by atoms with Gasteiger partial charge in [0.1, 0.15) is 0 Å². The zero-order valence-electron chi connectivity index (χ0n) is 18.8. The summed E-state index contributed by atoms with van der Waals surface area (Å²) in [5.41, 5.74) is 1.30. The van der Waals surface area contributed by atoms with Gasteiger partial charge < -0.3 is 19.3 Å². The van der Waals surface area contributed by atoms with Crippen LogP contribution in [-0.4, -0.2) is 58.8 Å². The summed E-state index contributed by atoms with van der Waals surface area (Å²) in [5, 5.41) is 0. The van der Waals surface area contributed by atoms with Crippen molar-refractivity contribution in [3.63, 3.8) is 0 Å². The largest absolute Gasteiger partial charge is 0.341 e. The summed E-state index contributed by atoms with van der Waals surface area (Å²) in [4.78, 5) is 34.4. The van der Waals surface area contributed by atoms with E-state index in [1.807, 2.05) is 10.6 Å². The average molecular weight is 436 g/mol. The maximum Gasteiger partial charge on any atom is 0.250 e. The number of rotatable bonds is 3. The molecule has 3 saturated heterocycles. The maximum atomic E-state index is 12.4. The molecule has 0 unspecified atom stereocenters. The normalized spacial score (nSPS) is 25.6. The fourth-order valence-corrected chi connectivity index (χ4v) is 6.02. The van der Waals surface area contributed by atoms with E-state index in [1.165, 1.54) is 44.2 Å². The van der Waals surface area contributed by atoms with Crippen LogP contribution in [0, 0.1) is 5.92 Å². The van der Waals surface area contributed by atoms with Crippen molar-refractivity contribution in [3.05, 3.63) is 34.2 Å². The van der Waals surface area contributed by atoms with Gasteiger partial charge in [-0.15, -0.1) is 0 Å². The Morgan fingerprint density at radius 3 is 1.91 bits per heavy atom. The average Bonchev–Trinajstić information content (AvgIpc) is 2.85. The minimum atomic E-state index is 0.130.